The van der Waals surface area contributed by atoms with Crippen molar-refractivity contribution >= 4 is 5.69 Å². The van der Waals surface area contributed by atoms with Crippen molar-refractivity contribution in [2.45, 2.75) is 19.1 Å². The molecule has 2 unspecified atom stereocenters. The fourth-order valence-electron chi connectivity index (χ4n) is 1.49. The molecule has 0 aliphatic heterocycles. The van der Waals surface area contributed by atoms with Gasteiger partial charge in [0.2, 0.25) is 0 Å². The second kappa shape index (κ2) is 5.00. The molecule has 84 valence electrons. The van der Waals surface area contributed by atoms with Crippen LogP contribution >= 0.6 is 0 Å². The zero-order valence-corrected chi connectivity index (χ0v) is 9.36. The highest BCUT2D eigenvalue weighted by Crippen LogP contribution is 2.30. The monoisotopic (exact) mass is 210 g/mol. The van der Waals surface area contributed by atoms with Crippen LogP contribution in [0.15, 0.2) is 18.2 Å². The van der Waals surface area contributed by atoms with Crippen LogP contribution in [0.5, 0.6) is 5.75 Å². The van der Waals surface area contributed by atoms with Crippen LogP contribution in [0.3, 0.4) is 0 Å². The van der Waals surface area contributed by atoms with Crippen LogP contribution in [0.25, 0.3) is 0 Å². The summed E-state index contributed by atoms with van der Waals surface area (Å²) in [5.41, 5.74) is 13.2. The van der Waals surface area contributed by atoms with Gasteiger partial charge in [-0.1, -0.05) is 6.92 Å². The zero-order chi connectivity index (χ0) is 11.4. The second-order valence-corrected chi connectivity index (χ2v) is 3.49. The van der Waals surface area contributed by atoms with Crippen LogP contribution in [0.2, 0.25) is 0 Å². The lowest BCUT2D eigenvalue weighted by Crippen LogP contribution is -2.28. The molecule has 2 atom stereocenters. The van der Waals surface area contributed by atoms with Gasteiger partial charge in [-0.05, 0) is 18.2 Å². The van der Waals surface area contributed by atoms with E-state index in [2.05, 4.69) is 0 Å². The number of nitrogen functional groups attached to an aromatic ring is 1. The van der Waals surface area contributed by atoms with Gasteiger partial charge in [-0.25, -0.2) is 0 Å². The molecule has 15 heavy (non-hydrogen) atoms. The minimum Gasteiger partial charge on any atom is -0.496 e. The van der Waals surface area contributed by atoms with E-state index in [1.165, 1.54) is 0 Å². The Morgan fingerprint density at radius 3 is 2.47 bits per heavy atom. The molecule has 0 fully saturated rings. The summed E-state index contributed by atoms with van der Waals surface area (Å²) in [4.78, 5) is 0. The quantitative estimate of drug-likeness (QED) is 0.580. The molecule has 1 rings (SSSR count). The Bertz CT molecular complexity index is 328. The van der Waals surface area contributed by atoms with E-state index < -0.39 is 0 Å². The van der Waals surface area contributed by atoms with Crippen LogP contribution in [0.1, 0.15) is 18.4 Å². The number of anilines is 1. The van der Waals surface area contributed by atoms with Gasteiger partial charge in [-0.15, -0.1) is 0 Å². The van der Waals surface area contributed by atoms with Crippen molar-refractivity contribution in [3.63, 3.8) is 0 Å². The maximum Gasteiger partial charge on any atom is 0.122 e. The van der Waals surface area contributed by atoms with E-state index in [-0.39, 0.29) is 12.1 Å². The van der Waals surface area contributed by atoms with Crippen molar-refractivity contribution in [2.24, 2.45) is 5.73 Å². The fourth-order valence-corrected chi connectivity index (χ4v) is 1.49. The van der Waals surface area contributed by atoms with E-state index in [4.69, 9.17) is 20.9 Å². The van der Waals surface area contributed by atoms with E-state index in [9.17, 15) is 0 Å². The van der Waals surface area contributed by atoms with E-state index >= 15 is 0 Å². The van der Waals surface area contributed by atoms with E-state index in [0.29, 0.717) is 5.69 Å². The highest BCUT2D eigenvalue weighted by atomic mass is 16.5. The Labute approximate surface area is 90.2 Å². The van der Waals surface area contributed by atoms with Crippen molar-refractivity contribution in [3.05, 3.63) is 23.8 Å². The highest BCUT2D eigenvalue weighted by molar-refractivity contribution is 5.49. The van der Waals surface area contributed by atoms with Crippen LogP contribution in [-0.2, 0) is 4.74 Å². The number of benzene rings is 1. The summed E-state index contributed by atoms with van der Waals surface area (Å²) in [6.45, 7) is 1.98. The number of nitrogens with two attached hydrogens (primary N) is 2. The van der Waals surface area contributed by atoms with Crippen LogP contribution in [0.4, 0.5) is 5.69 Å². The molecule has 0 amide bonds. The molecule has 4 N–H and O–H groups in total. The minimum absolute atomic E-state index is 0.0356. The maximum atomic E-state index is 5.80. The molecule has 0 saturated carbocycles. The molecule has 0 saturated heterocycles. The molecule has 0 spiro atoms. The molecule has 0 aliphatic carbocycles. The molecule has 1 aromatic carbocycles. The first-order chi connectivity index (χ1) is 7.10. The summed E-state index contributed by atoms with van der Waals surface area (Å²) >= 11 is 0. The van der Waals surface area contributed by atoms with Crippen molar-refractivity contribution in [1.82, 2.24) is 0 Å². The molecular weight excluding hydrogens is 192 g/mol. The summed E-state index contributed by atoms with van der Waals surface area (Å²) in [5.74, 6) is 0.817. The van der Waals surface area contributed by atoms with Crippen LogP contribution < -0.4 is 16.2 Å². The normalized spacial score (nSPS) is 14.7. The molecular formula is C11H18N2O2. The van der Waals surface area contributed by atoms with E-state index in [0.717, 1.165) is 11.3 Å². The Morgan fingerprint density at radius 2 is 1.93 bits per heavy atom. The summed E-state index contributed by atoms with van der Waals surface area (Å²) in [5, 5.41) is 0. The van der Waals surface area contributed by atoms with E-state index in [1.54, 1.807) is 20.3 Å². The first-order valence-corrected chi connectivity index (χ1v) is 4.82. The van der Waals surface area contributed by atoms with Gasteiger partial charge in [-0.2, -0.15) is 0 Å². The molecule has 0 heterocycles. The Balaban J connectivity index is 3.05. The van der Waals surface area contributed by atoms with Crippen LogP contribution in [0, 0.1) is 0 Å². The third kappa shape index (κ3) is 2.61. The molecule has 0 radical (unpaired) electrons. The average Bonchev–Trinajstić information content (AvgIpc) is 2.27. The van der Waals surface area contributed by atoms with E-state index in [1.807, 2.05) is 19.1 Å². The zero-order valence-electron chi connectivity index (χ0n) is 9.36. The molecule has 1 aromatic rings. The third-order valence-corrected chi connectivity index (χ3v) is 2.51. The SMILES string of the molecule is COc1ccc(N)cc1C(C)C(N)OC. The average molecular weight is 210 g/mol. The molecule has 4 nitrogen and oxygen atoms in total. The number of hydrogen-bond donors (Lipinski definition) is 2. The lowest BCUT2D eigenvalue weighted by atomic mass is 9.98. The molecule has 4 heteroatoms. The van der Waals surface area contributed by atoms with Crippen LogP contribution in [-0.4, -0.2) is 20.4 Å². The van der Waals surface area contributed by atoms with Gasteiger partial charge in [0.05, 0.1) is 7.11 Å². The van der Waals surface area contributed by atoms with Gasteiger partial charge in [0, 0.05) is 24.3 Å². The smallest absolute Gasteiger partial charge is 0.122 e. The number of ether oxygens (including phenoxy) is 2. The number of rotatable bonds is 4. The molecule has 0 aromatic heterocycles. The van der Waals surface area contributed by atoms with Gasteiger partial charge < -0.3 is 20.9 Å². The van der Waals surface area contributed by atoms with Crippen molar-refractivity contribution in [1.29, 1.82) is 0 Å². The highest BCUT2D eigenvalue weighted by Gasteiger charge is 2.18. The van der Waals surface area contributed by atoms with Crippen molar-refractivity contribution in [3.8, 4) is 5.75 Å². The minimum atomic E-state index is -0.360. The van der Waals surface area contributed by atoms with Gasteiger partial charge in [0.25, 0.3) is 0 Å². The molecule has 0 bridgehead atoms. The largest absolute Gasteiger partial charge is 0.496 e. The summed E-state index contributed by atoms with van der Waals surface area (Å²) in [6, 6.07) is 5.50. The van der Waals surface area contributed by atoms with Gasteiger partial charge in [0.15, 0.2) is 0 Å². The first kappa shape index (κ1) is 11.8. The van der Waals surface area contributed by atoms with Gasteiger partial charge >= 0.3 is 0 Å². The maximum absolute atomic E-state index is 5.80. The Kier molecular flexibility index (Phi) is 3.94. The second-order valence-electron chi connectivity index (χ2n) is 3.49. The molecule has 0 aliphatic rings. The lowest BCUT2D eigenvalue weighted by molar-refractivity contribution is 0.0884. The first-order valence-electron chi connectivity index (χ1n) is 4.82. The Hall–Kier alpha value is -1.26. The third-order valence-electron chi connectivity index (χ3n) is 2.51. The predicted molar refractivity (Wildman–Crippen MR) is 60.8 cm³/mol. The van der Waals surface area contributed by atoms with Gasteiger partial charge in [0.1, 0.15) is 12.0 Å². The fraction of sp³-hybridized carbons (Fsp3) is 0.455. The van der Waals surface area contributed by atoms with Crippen molar-refractivity contribution in [2.75, 3.05) is 20.0 Å². The van der Waals surface area contributed by atoms with Gasteiger partial charge in [-0.3, -0.25) is 0 Å². The topological polar surface area (TPSA) is 70.5 Å². The Morgan fingerprint density at radius 1 is 1.27 bits per heavy atom. The standard InChI is InChI=1S/C11H18N2O2/c1-7(11(13)15-3)9-6-8(12)4-5-10(9)14-2/h4-7,11H,12-13H2,1-3H3. The lowest BCUT2D eigenvalue weighted by Gasteiger charge is -2.21. The van der Waals surface area contributed by atoms with Crippen molar-refractivity contribution < 1.29 is 9.47 Å². The summed E-state index contributed by atoms with van der Waals surface area (Å²) in [7, 11) is 3.21. The number of hydrogen-bond acceptors (Lipinski definition) is 4. The summed E-state index contributed by atoms with van der Waals surface area (Å²) < 4.78 is 10.3. The summed E-state index contributed by atoms with van der Waals surface area (Å²) in [6.07, 6.45) is -0.360. The predicted octanol–water partition coefficient (Wildman–Crippen LogP) is 1.31. The number of methoxy groups -OCH3 is 2.